The van der Waals surface area contributed by atoms with Crippen molar-refractivity contribution in [2.45, 2.75) is 0 Å². The molecular weight excluding hydrogens is 857 g/mol. The lowest BCUT2D eigenvalue weighted by Crippen LogP contribution is -2.19. The summed E-state index contributed by atoms with van der Waals surface area (Å²) in [5.74, 6) is 3.11. The quantitative estimate of drug-likeness (QED) is 0.151. The Morgan fingerprint density at radius 3 is 0.857 bits per heavy atom. The van der Waals surface area contributed by atoms with Gasteiger partial charge in [-0.25, -0.2) is 9.97 Å². The predicted octanol–water partition coefficient (Wildman–Crippen LogP) is 17.6. The Balaban J connectivity index is 1.04. The number of anilines is 6. The van der Waals surface area contributed by atoms with Gasteiger partial charge in [-0.3, -0.25) is 0 Å². The zero-order valence-corrected chi connectivity index (χ0v) is 37.9. The zero-order valence-electron chi connectivity index (χ0n) is 37.9. The van der Waals surface area contributed by atoms with Crippen LogP contribution in [0.25, 0.3) is 67.3 Å². The van der Waals surface area contributed by atoms with E-state index in [1.165, 1.54) is 0 Å². The Bertz CT molecular complexity index is 3390. The first kappa shape index (κ1) is 40.7. The summed E-state index contributed by atoms with van der Waals surface area (Å²) in [5.41, 5.74) is 17.8. The maximum absolute atomic E-state index is 6.61. The van der Waals surface area contributed by atoms with Crippen molar-refractivity contribution in [2.24, 2.45) is 0 Å². The lowest BCUT2D eigenvalue weighted by atomic mass is 9.92. The summed E-state index contributed by atoms with van der Waals surface area (Å²) in [6.45, 7) is 0. The Kier molecular flexibility index (Phi) is 10.1. The minimum atomic E-state index is 0.778. The molecule has 0 amide bonds. The monoisotopic (exact) mass is 898 g/mol. The number of pyridine rings is 2. The van der Waals surface area contributed by atoms with Gasteiger partial charge in [0.2, 0.25) is 0 Å². The molecule has 0 bridgehead atoms. The zero-order chi connectivity index (χ0) is 46.4. The van der Waals surface area contributed by atoms with Gasteiger partial charge in [0.05, 0.1) is 56.9 Å². The molecular formula is C64H42N4O2. The minimum Gasteiger partial charge on any atom is -0.453 e. The van der Waals surface area contributed by atoms with E-state index < -0.39 is 0 Å². The number of ether oxygens (including phenoxy) is 2. The molecule has 0 aliphatic carbocycles. The number of nitrogens with zero attached hydrogens (tertiary/aromatic N) is 4. The maximum atomic E-state index is 6.61. The van der Waals surface area contributed by atoms with Gasteiger partial charge in [0.25, 0.3) is 0 Å². The van der Waals surface area contributed by atoms with Gasteiger partial charge in [0.1, 0.15) is 0 Å². The van der Waals surface area contributed by atoms with Gasteiger partial charge < -0.3 is 19.3 Å². The Hall–Kier alpha value is -9.52. The van der Waals surface area contributed by atoms with E-state index in [4.69, 9.17) is 19.4 Å². The van der Waals surface area contributed by atoms with Crippen LogP contribution in [0.15, 0.2) is 255 Å². The second-order valence-electron chi connectivity index (χ2n) is 17.3. The highest BCUT2D eigenvalue weighted by Crippen LogP contribution is 2.57. The SMILES string of the molecule is c1ccc(-c2cccc(-c3ccc(-c4cc(-c5ccc(-c6cccc(-c7ccccc7)n6)cc5)c(N5c6ccccc6Oc6ccccc65)cc4N4c5ccccc5Oc5ccccc54)cc3)n2)cc1. The van der Waals surface area contributed by atoms with E-state index in [1.807, 2.05) is 84.9 Å². The molecule has 9 aromatic carbocycles. The number of para-hydroxylation sites is 8. The van der Waals surface area contributed by atoms with Gasteiger partial charge in [-0.05, 0) is 96.1 Å². The molecule has 0 N–H and O–H groups in total. The van der Waals surface area contributed by atoms with E-state index in [1.54, 1.807) is 0 Å². The fraction of sp³-hybridized carbons (Fsp3) is 0. The topological polar surface area (TPSA) is 50.7 Å². The second-order valence-corrected chi connectivity index (χ2v) is 17.3. The molecule has 2 aromatic heterocycles. The molecule has 2 aliphatic heterocycles. The fourth-order valence-corrected chi connectivity index (χ4v) is 9.71. The predicted molar refractivity (Wildman–Crippen MR) is 284 cm³/mol. The molecule has 0 spiro atoms. The highest BCUT2D eigenvalue weighted by Gasteiger charge is 2.32. The molecule has 70 heavy (non-hydrogen) atoms. The van der Waals surface area contributed by atoms with E-state index >= 15 is 0 Å². The van der Waals surface area contributed by atoms with Crippen LogP contribution in [-0.2, 0) is 0 Å². The normalized spacial score (nSPS) is 12.2. The van der Waals surface area contributed by atoms with Crippen LogP contribution < -0.4 is 19.3 Å². The standard InChI is InChI=1S/C64H42N4O2/c1-3-17-45(18-4-1)51-21-15-23-53(65-51)47-37-33-43(34-38-47)49-41-50(44-35-39-48(40-36-44)54-24-16-22-52(66-54)46-19-5-2-6-20-46)60(68-57-27-9-13-31-63(57)70-64-32-14-10-28-58(64)68)42-59(49)67-55-25-7-11-29-61(55)69-62-30-12-8-26-56(62)67/h1-42H. The lowest BCUT2D eigenvalue weighted by Gasteiger charge is -2.37. The van der Waals surface area contributed by atoms with Crippen molar-refractivity contribution in [1.82, 2.24) is 9.97 Å². The van der Waals surface area contributed by atoms with Crippen molar-refractivity contribution >= 4 is 34.1 Å². The van der Waals surface area contributed by atoms with Crippen LogP contribution in [0.1, 0.15) is 0 Å². The molecule has 6 nitrogen and oxygen atoms in total. The molecule has 11 aromatic rings. The summed E-state index contributed by atoms with van der Waals surface area (Å²) in [6, 6.07) is 88.6. The van der Waals surface area contributed by atoms with Gasteiger partial charge in [0, 0.05) is 33.4 Å². The highest BCUT2D eigenvalue weighted by molar-refractivity contribution is 6.02. The largest absolute Gasteiger partial charge is 0.453 e. The molecule has 0 saturated carbocycles. The minimum absolute atomic E-state index is 0.778. The third-order valence-electron chi connectivity index (χ3n) is 13.1. The Morgan fingerprint density at radius 2 is 0.514 bits per heavy atom. The van der Waals surface area contributed by atoms with Crippen LogP contribution >= 0.6 is 0 Å². The van der Waals surface area contributed by atoms with Gasteiger partial charge in [0.15, 0.2) is 23.0 Å². The van der Waals surface area contributed by atoms with Crippen LogP contribution in [0.4, 0.5) is 34.1 Å². The number of rotatable bonds is 8. The average molecular weight is 899 g/mol. The van der Waals surface area contributed by atoms with Crippen LogP contribution in [0.2, 0.25) is 0 Å². The average Bonchev–Trinajstić information content (AvgIpc) is 3.44. The first-order chi connectivity index (χ1) is 34.7. The van der Waals surface area contributed by atoms with Crippen molar-refractivity contribution in [3.05, 3.63) is 255 Å². The smallest absolute Gasteiger partial charge is 0.151 e. The van der Waals surface area contributed by atoms with Gasteiger partial charge in [-0.15, -0.1) is 0 Å². The van der Waals surface area contributed by atoms with Crippen molar-refractivity contribution in [2.75, 3.05) is 9.80 Å². The number of fused-ring (bicyclic) bond motifs is 4. The first-order valence-electron chi connectivity index (χ1n) is 23.5. The molecule has 0 radical (unpaired) electrons. The molecule has 330 valence electrons. The molecule has 6 heteroatoms. The van der Waals surface area contributed by atoms with E-state index in [9.17, 15) is 0 Å². The molecule has 2 aliphatic rings. The molecule has 0 atom stereocenters. The van der Waals surface area contributed by atoms with Gasteiger partial charge >= 0.3 is 0 Å². The first-order valence-corrected chi connectivity index (χ1v) is 23.5. The third kappa shape index (κ3) is 7.32. The van der Waals surface area contributed by atoms with Crippen molar-refractivity contribution < 1.29 is 9.47 Å². The molecule has 0 unspecified atom stereocenters. The summed E-state index contributed by atoms with van der Waals surface area (Å²) < 4.78 is 13.2. The molecule has 0 saturated heterocycles. The summed E-state index contributed by atoms with van der Waals surface area (Å²) in [5, 5.41) is 0. The van der Waals surface area contributed by atoms with Gasteiger partial charge in [-0.2, -0.15) is 0 Å². The van der Waals surface area contributed by atoms with Gasteiger partial charge in [-0.1, -0.05) is 170 Å². The summed E-state index contributed by atoms with van der Waals surface area (Å²) in [7, 11) is 0. The summed E-state index contributed by atoms with van der Waals surface area (Å²) >= 11 is 0. The van der Waals surface area contributed by atoms with Crippen LogP contribution in [-0.4, -0.2) is 9.97 Å². The van der Waals surface area contributed by atoms with E-state index in [2.05, 4.69) is 180 Å². The third-order valence-corrected chi connectivity index (χ3v) is 13.1. The second kappa shape index (κ2) is 17.3. The summed E-state index contributed by atoms with van der Waals surface area (Å²) in [6.07, 6.45) is 0. The van der Waals surface area contributed by atoms with Crippen molar-refractivity contribution in [1.29, 1.82) is 0 Å². The van der Waals surface area contributed by atoms with Crippen molar-refractivity contribution in [3.8, 4) is 90.3 Å². The number of hydrogen-bond acceptors (Lipinski definition) is 6. The van der Waals surface area contributed by atoms with E-state index in [0.717, 1.165) is 124 Å². The number of hydrogen-bond donors (Lipinski definition) is 0. The van der Waals surface area contributed by atoms with Crippen LogP contribution in [0, 0.1) is 0 Å². The van der Waals surface area contributed by atoms with Crippen LogP contribution in [0.5, 0.6) is 23.0 Å². The maximum Gasteiger partial charge on any atom is 0.151 e. The number of benzene rings is 9. The fourth-order valence-electron chi connectivity index (χ4n) is 9.71. The number of aromatic nitrogens is 2. The van der Waals surface area contributed by atoms with E-state index in [-0.39, 0.29) is 0 Å². The lowest BCUT2D eigenvalue weighted by molar-refractivity contribution is 0.477. The summed E-state index contributed by atoms with van der Waals surface area (Å²) in [4.78, 5) is 14.9. The molecule has 13 rings (SSSR count). The van der Waals surface area contributed by atoms with Crippen molar-refractivity contribution in [3.63, 3.8) is 0 Å². The Labute approximate surface area is 406 Å². The highest BCUT2D eigenvalue weighted by atomic mass is 16.5. The van der Waals surface area contributed by atoms with E-state index in [0.29, 0.717) is 0 Å². The molecule has 4 heterocycles. The Morgan fingerprint density at radius 1 is 0.229 bits per heavy atom. The van der Waals surface area contributed by atoms with Crippen LogP contribution in [0.3, 0.4) is 0 Å². The molecule has 0 fully saturated rings.